The Kier molecular flexibility index (Phi) is 3.78. The average molecular weight is 291 g/mol. The molecule has 1 aromatic carbocycles. The minimum Gasteiger partial charge on any atom is -0.384 e. The van der Waals surface area contributed by atoms with E-state index >= 15 is 0 Å². The number of nitrogens with one attached hydrogen (secondary N) is 2. The summed E-state index contributed by atoms with van der Waals surface area (Å²) in [4.78, 5) is 6.99. The minimum absolute atomic E-state index is 0.643. The Morgan fingerprint density at radius 2 is 2.35 bits per heavy atom. The highest BCUT2D eigenvalue weighted by molar-refractivity contribution is 9.10. The van der Waals surface area contributed by atoms with Gasteiger partial charge in [0.25, 0.3) is 0 Å². The molecule has 2 aromatic rings. The molecule has 1 aromatic heterocycles. The van der Waals surface area contributed by atoms with Crippen molar-refractivity contribution in [3.05, 3.63) is 46.5 Å². The molecule has 86 valence electrons. The van der Waals surface area contributed by atoms with Crippen LogP contribution in [0.2, 0.25) is 0 Å². The number of halogens is 1. The molecule has 0 amide bonds. The third kappa shape index (κ3) is 3.08. The molecule has 0 atom stereocenters. The molecule has 0 aliphatic carbocycles. The molecule has 1 heterocycles. The molecule has 0 saturated heterocycles. The number of aromatic nitrogens is 2. The van der Waals surface area contributed by atoms with E-state index in [1.807, 2.05) is 12.1 Å². The van der Waals surface area contributed by atoms with Crippen LogP contribution in [-0.4, -0.2) is 16.5 Å². The van der Waals surface area contributed by atoms with Crippen LogP contribution in [0.4, 0.5) is 5.69 Å². The van der Waals surface area contributed by atoms with E-state index in [1.165, 1.54) is 0 Å². The van der Waals surface area contributed by atoms with Gasteiger partial charge in [-0.15, -0.1) is 0 Å². The first-order valence-corrected chi connectivity index (χ1v) is 5.99. The van der Waals surface area contributed by atoms with E-state index < -0.39 is 0 Å². The molecule has 2 N–H and O–H groups in total. The lowest BCUT2D eigenvalue weighted by Crippen LogP contribution is -2.06. The van der Waals surface area contributed by atoms with Crippen molar-refractivity contribution in [1.82, 2.24) is 9.97 Å². The predicted molar refractivity (Wildman–Crippen MR) is 69.6 cm³/mol. The second-order valence-electron chi connectivity index (χ2n) is 3.56. The van der Waals surface area contributed by atoms with Crippen molar-refractivity contribution in [2.24, 2.45) is 0 Å². The summed E-state index contributed by atoms with van der Waals surface area (Å²) >= 11 is 3.34. The first-order chi connectivity index (χ1) is 8.29. The second-order valence-corrected chi connectivity index (χ2v) is 4.47. The van der Waals surface area contributed by atoms with Crippen LogP contribution in [-0.2, 0) is 6.42 Å². The van der Waals surface area contributed by atoms with Crippen molar-refractivity contribution in [2.75, 3.05) is 11.9 Å². The van der Waals surface area contributed by atoms with Crippen molar-refractivity contribution >= 4 is 21.6 Å². The van der Waals surface area contributed by atoms with Crippen LogP contribution in [0.15, 0.2) is 35.2 Å². The highest BCUT2D eigenvalue weighted by Crippen LogP contribution is 2.20. The van der Waals surface area contributed by atoms with Crippen LogP contribution in [0.1, 0.15) is 11.3 Å². The molecule has 0 aliphatic heterocycles. The molecule has 4 nitrogen and oxygen atoms in total. The Hall–Kier alpha value is -1.80. The maximum atomic E-state index is 9.00. The number of nitriles is 1. The standard InChI is InChI=1S/C12H11BrN4/c13-10-1-2-12(9(5-10)6-14)16-4-3-11-7-15-8-17-11/h1-2,5,7-8,16H,3-4H2,(H,15,17). The fourth-order valence-corrected chi connectivity index (χ4v) is 1.88. The van der Waals surface area contributed by atoms with E-state index in [1.54, 1.807) is 18.6 Å². The monoisotopic (exact) mass is 290 g/mol. The van der Waals surface area contributed by atoms with Crippen LogP contribution in [0, 0.1) is 11.3 Å². The summed E-state index contributed by atoms with van der Waals surface area (Å²) in [6.07, 6.45) is 4.31. The van der Waals surface area contributed by atoms with E-state index in [4.69, 9.17) is 5.26 Å². The topological polar surface area (TPSA) is 64.5 Å². The Morgan fingerprint density at radius 1 is 1.47 bits per heavy atom. The van der Waals surface area contributed by atoms with Gasteiger partial charge in [-0.25, -0.2) is 4.98 Å². The quantitative estimate of drug-likeness (QED) is 0.910. The molecule has 0 spiro atoms. The number of rotatable bonds is 4. The lowest BCUT2D eigenvalue weighted by molar-refractivity contribution is 0.976. The van der Waals surface area contributed by atoms with Crippen LogP contribution < -0.4 is 5.32 Å². The first kappa shape index (κ1) is 11.7. The summed E-state index contributed by atoms with van der Waals surface area (Å²) in [7, 11) is 0. The molecular formula is C12H11BrN4. The molecule has 2 rings (SSSR count). The van der Waals surface area contributed by atoms with Crippen LogP contribution in [0.5, 0.6) is 0 Å². The lowest BCUT2D eigenvalue weighted by atomic mass is 10.2. The van der Waals surface area contributed by atoms with E-state index in [0.717, 1.165) is 28.8 Å². The summed E-state index contributed by atoms with van der Waals surface area (Å²) in [5, 5.41) is 12.2. The van der Waals surface area contributed by atoms with Crippen molar-refractivity contribution in [2.45, 2.75) is 6.42 Å². The number of H-pyrrole nitrogens is 1. The third-order valence-electron chi connectivity index (χ3n) is 2.37. The number of imidazole rings is 1. The molecule has 0 aliphatic rings. The van der Waals surface area contributed by atoms with Crippen LogP contribution in [0.25, 0.3) is 0 Å². The van der Waals surface area contributed by atoms with Gasteiger partial charge in [-0.2, -0.15) is 5.26 Å². The number of anilines is 1. The van der Waals surface area contributed by atoms with Gasteiger partial charge in [0.2, 0.25) is 0 Å². The maximum Gasteiger partial charge on any atom is 0.101 e. The van der Waals surface area contributed by atoms with Gasteiger partial charge in [0, 0.05) is 29.3 Å². The van der Waals surface area contributed by atoms with Gasteiger partial charge in [0.15, 0.2) is 0 Å². The van der Waals surface area contributed by atoms with Gasteiger partial charge in [-0.3, -0.25) is 0 Å². The van der Waals surface area contributed by atoms with Gasteiger partial charge < -0.3 is 10.3 Å². The van der Waals surface area contributed by atoms with Gasteiger partial charge >= 0.3 is 0 Å². The molecule has 17 heavy (non-hydrogen) atoms. The summed E-state index contributed by atoms with van der Waals surface area (Å²) in [5.41, 5.74) is 2.58. The van der Waals surface area contributed by atoms with Crippen LogP contribution in [0.3, 0.4) is 0 Å². The molecule has 0 radical (unpaired) electrons. The Balaban J connectivity index is 1.97. The summed E-state index contributed by atoms with van der Waals surface area (Å²) in [5.74, 6) is 0. The zero-order valence-electron chi connectivity index (χ0n) is 9.07. The third-order valence-corrected chi connectivity index (χ3v) is 2.86. The summed E-state index contributed by atoms with van der Waals surface area (Å²) in [6.45, 7) is 0.762. The number of hydrogen-bond donors (Lipinski definition) is 2. The Morgan fingerprint density at radius 3 is 3.06 bits per heavy atom. The molecular weight excluding hydrogens is 280 g/mol. The highest BCUT2D eigenvalue weighted by Gasteiger charge is 2.02. The lowest BCUT2D eigenvalue weighted by Gasteiger charge is -2.07. The zero-order valence-corrected chi connectivity index (χ0v) is 10.7. The Bertz CT molecular complexity index is 528. The molecule has 0 fully saturated rings. The van der Waals surface area contributed by atoms with Crippen molar-refractivity contribution in [3.8, 4) is 6.07 Å². The first-order valence-electron chi connectivity index (χ1n) is 5.20. The van der Waals surface area contributed by atoms with Gasteiger partial charge in [0.05, 0.1) is 17.6 Å². The normalized spacial score (nSPS) is 9.88. The van der Waals surface area contributed by atoms with E-state index in [9.17, 15) is 0 Å². The van der Waals surface area contributed by atoms with Crippen molar-refractivity contribution in [3.63, 3.8) is 0 Å². The highest BCUT2D eigenvalue weighted by atomic mass is 79.9. The number of aromatic amines is 1. The smallest absolute Gasteiger partial charge is 0.101 e. The SMILES string of the molecule is N#Cc1cc(Br)ccc1NCCc1cnc[nH]1. The van der Waals surface area contributed by atoms with Gasteiger partial charge in [0.1, 0.15) is 6.07 Å². The van der Waals surface area contributed by atoms with E-state index in [2.05, 4.69) is 37.3 Å². The Labute approximate surface area is 108 Å². The number of nitrogens with zero attached hydrogens (tertiary/aromatic N) is 2. The van der Waals surface area contributed by atoms with Crippen molar-refractivity contribution < 1.29 is 0 Å². The summed E-state index contributed by atoms with van der Waals surface area (Å²) in [6, 6.07) is 7.79. The molecule has 0 saturated carbocycles. The fraction of sp³-hybridized carbons (Fsp3) is 0.167. The number of benzene rings is 1. The van der Waals surface area contributed by atoms with E-state index in [0.29, 0.717) is 5.56 Å². The maximum absolute atomic E-state index is 9.00. The van der Waals surface area contributed by atoms with Crippen molar-refractivity contribution in [1.29, 1.82) is 5.26 Å². The summed E-state index contributed by atoms with van der Waals surface area (Å²) < 4.78 is 0.910. The largest absolute Gasteiger partial charge is 0.384 e. The molecule has 0 bridgehead atoms. The molecule has 5 heteroatoms. The van der Waals surface area contributed by atoms with Crippen LogP contribution >= 0.6 is 15.9 Å². The fourth-order valence-electron chi connectivity index (χ4n) is 1.52. The minimum atomic E-state index is 0.643. The number of hydrogen-bond acceptors (Lipinski definition) is 3. The van der Waals surface area contributed by atoms with Gasteiger partial charge in [-0.05, 0) is 18.2 Å². The molecule has 0 unspecified atom stereocenters. The predicted octanol–water partition coefficient (Wildman–Crippen LogP) is 2.70. The average Bonchev–Trinajstić information content (AvgIpc) is 2.84. The van der Waals surface area contributed by atoms with E-state index in [-0.39, 0.29) is 0 Å². The second kappa shape index (κ2) is 5.51. The van der Waals surface area contributed by atoms with Gasteiger partial charge in [-0.1, -0.05) is 15.9 Å². The zero-order chi connectivity index (χ0) is 12.1.